The fraction of sp³-hybridized carbons (Fsp3) is 0.0769. The molecule has 0 aliphatic carbocycles. The molecule has 0 saturated carbocycles. The van der Waals surface area contributed by atoms with Crippen LogP contribution in [0, 0.1) is 0 Å². The molecule has 5 heteroatoms. The Labute approximate surface area is 104 Å². The number of carbonyl (C=O) groups excluding carboxylic acids is 1. The first-order valence-corrected chi connectivity index (χ1v) is 5.32. The van der Waals surface area contributed by atoms with E-state index in [9.17, 15) is 4.79 Å². The minimum absolute atomic E-state index is 0.434. The lowest BCUT2D eigenvalue weighted by Crippen LogP contribution is -2.17. The van der Waals surface area contributed by atoms with Gasteiger partial charge in [-0.3, -0.25) is 5.32 Å². The van der Waals surface area contributed by atoms with Gasteiger partial charge in [0.15, 0.2) is 0 Å². The highest BCUT2D eigenvalue weighted by atomic mass is 16.6. The van der Waals surface area contributed by atoms with Crippen LogP contribution in [0.4, 0.5) is 10.6 Å². The number of nitrogens with zero attached hydrogens (tertiary/aromatic N) is 1. The molecule has 1 amide bonds. The van der Waals surface area contributed by atoms with E-state index >= 15 is 0 Å². The SMILES string of the molecule is COc1ccc(OC(=O)Nc2ccccn2)cc1. The molecular weight excluding hydrogens is 232 g/mol. The van der Waals surface area contributed by atoms with Crippen LogP contribution in [-0.2, 0) is 0 Å². The van der Waals surface area contributed by atoms with Crippen molar-refractivity contribution < 1.29 is 14.3 Å². The molecule has 18 heavy (non-hydrogen) atoms. The first-order valence-electron chi connectivity index (χ1n) is 5.32. The summed E-state index contributed by atoms with van der Waals surface area (Å²) < 4.78 is 10.1. The summed E-state index contributed by atoms with van der Waals surface area (Å²) in [5.41, 5.74) is 0. The number of ether oxygens (including phenoxy) is 2. The van der Waals surface area contributed by atoms with Gasteiger partial charge < -0.3 is 9.47 Å². The van der Waals surface area contributed by atoms with E-state index in [-0.39, 0.29) is 0 Å². The monoisotopic (exact) mass is 244 g/mol. The molecule has 1 aromatic carbocycles. The lowest BCUT2D eigenvalue weighted by molar-refractivity contribution is 0.215. The number of amides is 1. The zero-order chi connectivity index (χ0) is 12.8. The highest BCUT2D eigenvalue weighted by Crippen LogP contribution is 2.17. The fourth-order valence-electron chi connectivity index (χ4n) is 1.32. The number of hydrogen-bond donors (Lipinski definition) is 1. The van der Waals surface area contributed by atoms with E-state index < -0.39 is 6.09 Å². The molecule has 0 aliphatic rings. The number of carbonyl (C=O) groups is 1. The minimum Gasteiger partial charge on any atom is -0.497 e. The number of aromatic nitrogens is 1. The van der Waals surface area contributed by atoms with E-state index in [0.29, 0.717) is 17.3 Å². The van der Waals surface area contributed by atoms with Gasteiger partial charge in [-0.2, -0.15) is 0 Å². The normalized spacial score (nSPS) is 9.61. The van der Waals surface area contributed by atoms with Crippen LogP contribution in [0.5, 0.6) is 11.5 Å². The number of benzene rings is 1. The minimum atomic E-state index is -0.584. The van der Waals surface area contributed by atoms with Gasteiger partial charge in [-0.05, 0) is 36.4 Å². The van der Waals surface area contributed by atoms with Gasteiger partial charge in [0.2, 0.25) is 0 Å². The van der Waals surface area contributed by atoms with Gasteiger partial charge >= 0.3 is 6.09 Å². The van der Waals surface area contributed by atoms with Crippen LogP contribution in [-0.4, -0.2) is 18.2 Å². The maximum Gasteiger partial charge on any atom is 0.418 e. The summed E-state index contributed by atoms with van der Waals surface area (Å²) in [6.45, 7) is 0. The van der Waals surface area contributed by atoms with Gasteiger partial charge in [0.05, 0.1) is 7.11 Å². The second-order valence-corrected chi connectivity index (χ2v) is 3.41. The van der Waals surface area contributed by atoms with E-state index in [0.717, 1.165) is 0 Å². The summed E-state index contributed by atoms with van der Waals surface area (Å²) in [5, 5.41) is 2.52. The van der Waals surface area contributed by atoms with Crippen LogP contribution >= 0.6 is 0 Å². The van der Waals surface area contributed by atoms with E-state index in [2.05, 4.69) is 10.3 Å². The Kier molecular flexibility index (Phi) is 3.76. The summed E-state index contributed by atoms with van der Waals surface area (Å²) in [6, 6.07) is 11.9. The van der Waals surface area contributed by atoms with Crippen molar-refractivity contribution in [1.29, 1.82) is 0 Å². The van der Waals surface area contributed by atoms with Gasteiger partial charge in [-0.15, -0.1) is 0 Å². The second-order valence-electron chi connectivity index (χ2n) is 3.41. The standard InChI is InChI=1S/C13H12N2O3/c1-17-10-5-7-11(8-6-10)18-13(16)15-12-4-2-3-9-14-12/h2-9H,1H3,(H,14,15,16). The number of hydrogen-bond acceptors (Lipinski definition) is 4. The van der Waals surface area contributed by atoms with Crippen molar-refractivity contribution in [2.45, 2.75) is 0 Å². The predicted molar refractivity (Wildman–Crippen MR) is 66.9 cm³/mol. The topological polar surface area (TPSA) is 60.5 Å². The van der Waals surface area contributed by atoms with Crippen LogP contribution in [0.2, 0.25) is 0 Å². The molecule has 0 unspecified atom stereocenters. The number of rotatable bonds is 3. The van der Waals surface area contributed by atoms with Crippen molar-refractivity contribution in [2.75, 3.05) is 12.4 Å². The molecule has 0 bridgehead atoms. The average molecular weight is 244 g/mol. The lowest BCUT2D eigenvalue weighted by Gasteiger charge is -2.06. The van der Waals surface area contributed by atoms with Crippen molar-refractivity contribution in [3.8, 4) is 11.5 Å². The zero-order valence-corrected chi connectivity index (χ0v) is 9.79. The first kappa shape index (κ1) is 11.9. The number of methoxy groups -OCH3 is 1. The smallest absolute Gasteiger partial charge is 0.418 e. The molecule has 92 valence electrons. The maximum absolute atomic E-state index is 11.5. The molecule has 1 N–H and O–H groups in total. The largest absolute Gasteiger partial charge is 0.497 e. The molecule has 1 aromatic heterocycles. The van der Waals surface area contributed by atoms with Crippen molar-refractivity contribution in [3.05, 3.63) is 48.7 Å². The molecular formula is C13H12N2O3. The summed E-state index contributed by atoms with van der Waals surface area (Å²) in [6.07, 6.45) is 1.00. The Balaban J connectivity index is 1.94. The van der Waals surface area contributed by atoms with E-state index in [1.54, 1.807) is 55.8 Å². The summed E-state index contributed by atoms with van der Waals surface area (Å²) in [5.74, 6) is 1.58. The fourth-order valence-corrected chi connectivity index (χ4v) is 1.32. The van der Waals surface area contributed by atoms with E-state index in [1.165, 1.54) is 0 Å². The summed E-state index contributed by atoms with van der Waals surface area (Å²) in [4.78, 5) is 15.5. The van der Waals surface area contributed by atoms with Crippen LogP contribution < -0.4 is 14.8 Å². The average Bonchev–Trinajstić information content (AvgIpc) is 2.40. The molecule has 5 nitrogen and oxygen atoms in total. The highest BCUT2D eigenvalue weighted by molar-refractivity contribution is 5.85. The molecule has 0 radical (unpaired) electrons. The number of anilines is 1. The Bertz CT molecular complexity index is 512. The molecule has 2 rings (SSSR count). The number of nitrogens with one attached hydrogen (secondary N) is 1. The molecule has 0 atom stereocenters. The Morgan fingerprint density at radius 1 is 1.11 bits per heavy atom. The molecule has 0 aliphatic heterocycles. The van der Waals surface area contributed by atoms with Crippen LogP contribution in [0.1, 0.15) is 0 Å². The van der Waals surface area contributed by atoms with Crippen molar-refractivity contribution in [2.24, 2.45) is 0 Å². The quantitative estimate of drug-likeness (QED) is 0.901. The molecule has 2 aromatic rings. The summed E-state index contributed by atoms with van der Waals surface area (Å²) in [7, 11) is 1.57. The van der Waals surface area contributed by atoms with Crippen LogP contribution in [0.15, 0.2) is 48.7 Å². The zero-order valence-electron chi connectivity index (χ0n) is 9.79. The Morgan fingerprint density at radius 3 is 2.44 bits per heavy atom. The van der Waals surface area contributed by atoms with Gasteiger partial charge in [0.1, 0.15) is 17.3 Å². The Hall–Kier alpha value is -2.56. The lowest BCUT2D eigenvalue weighted by atomic mass is 10.3. The predicted octanol–water partition coefficient (Wildman–Crippen LogP) is 2.70. The van der Waals surface area contributed by atoms with Gasteiger partial charge in [-0.25, -0.2) is 9.78 Å². The summed E-state index contributed by atoms with van der Waals surface area (Å²) >= 11 is 0. The molecule has 0 spiro atoms. The number of pyridine rings is 1. The van der Waals surface area contributed by atoms with Gasteiger partial charge in [0, 0.05) is 6.20 Å². The maximum atomic E-state index is 11.5. The molecule has 0 fully saturated rings. The van der Waals surface area contributed by atoms with Crippen molar-refractivity contribution in [1.82, 2.24) is 4.98 Å². The van der Waals surface area contributed by atoms with Crippen molar-refractivity contribution in [3.63, 3.8) is 0 Å². The van der Waals surface area contributed by atoms with Gasteiger partial charge in [0.25, 0.3) is 0 Å². The van der Waals surface area contributed by atoms with Crippen LogP contribution in [0.25, 0.3) is 0 Å². The van der Waals surface area contributed by atoms with E-state index in [4.69, 9.17) is 9.47 Å². The second kappa shape index (κ2) is 5.67. The van der Waals surface area contributed by atoms with Crippen LogP contribution in [0.3, 0.4) is 0 Å². The third kappa shape index (κ3) is 3.21. The molecule has 0 saturated heterocycles. The molecule has 1 heterocycles. The third-order valence-electron chi connectivity index (χ3n) is 2.17. The third-order valence-corrected chi connectivity index (χ3v) is 2.17. The van der Waals surface area contributed by atoms with E-state index in [1.807, 2.05) is 0 Å². The highest BCUT2D eigenvalue weighted by Gasteiger charge is 2.05. The van der Waals surface area contributed by atoms with Gasteiger partial charge in [-0.1, -0.05) is 6.07 Å². The Morgan fingerprint density at radius 2 is 1.83 bits per heavy atom. The van der Waals surface area contributed by atoms with Crippen molar-refractivity contribution >= 4 is 11.9 Å². The first-order chi connectivity index (χ1) is 8.78.